The number of carbonyl (C=O) groups is 4. The van der Waals surface area contributed by atoms with Crippen molar-refractivity contribution in [3.63, 3.8) is 0 Å². The Bertz CT molecular complexity index is 1100. The topological polar surface area (TPSA) is 149 Å². The van der Waals surface area contributed by atoms with E-state index in [4.69, 9.17) is 10.2 Å². The van der Waals surface area contributed by atoms with Crippen LogP contribution in [-0.4, -0.2) is 44.3 Å². The van der Waals surface area contributed by atoms with Crippen molar-refractivity contribution in [1.29, 1.82) is 0 Å². The number of carboxylic acid groups (broad SMARTS) is 4. The summed E-state index contributed by atoms with van der Waals surface area (Å²) < 4.78 is 0. The number of carboxylic acids is 4. The van der Waals surface area contributed by atoms with Gasteiger partial charge in [-0.2, -0.15) is 0 Å². The number of benzene rings is 2. The van der Waals surface area contributed by atoms with Crippen LogP contribution in [0.2, 0.25) is 0 Å². The molecule has 2 atom stereocenters. The molecular weight excluding hydrogens is 512 g/mol. The molecule has 2 aromatic carbocycles. The quantitative estimate of drug-likeness (QED) is 0.164. The van der Waals surface area contributed by atoms with Gasteiger partial charge in [-0.05, 0) is 54.0 Å². The minimum Gasteiger partial charge on any atom is -0.478 e. The highest BCUT2D eigenvalue weighted by atomic mass is 16.4. The first kappa shape index (κ1) is 34.3. The SMILES string of the molecule is CCCCC(CC)Cc1ccc(C(=O)O)c(C(=O)O)c1CC(CC)CCCC.O=C(O)c1ccccc1C(=O)O. The average molecular weight is 557 g/mol. The highest BCUT2D eigenvalue weighted by molar-refractivity contribution is 6.03. The molecule has 8 heteroatoms. The molecule has 0 aliphatic rings. The molecule has 4 N–H and O–H groups in total. The second kappa shape index (κ2) is 17.8. The van der Waals surface area contributed by atoms with Crippen molar-refractivity contribution in [2.45, 2.75) is 91.9 Å². The summed E-state index contributed by atoms with van der Waals surface area (Å²) in [5.74, 6) is -3.85. The van der Waals surface area contributed by atoms with Gasteiger partial charge in [-0.25, -0.2) is 19.2 Å². The minimum absolute atomic E-state index is 0.00490. The Morgan fingerprint density at radius 1 is 0.600 bits per heavy atom. The van der Waals surface area contributed by atoms with E-state index in [2.05, 4.69) is 27.7 Å². The third-order valence-corrected chi connectivity index (χ3v) is 7.33. The molecule has 0 heterocycles. The van der Waals surface area contributed by atoms with Gasteiger partial charge < -0.3 is 20.4 Å². The summed E-state index contributed by atoms with van der Waals surface area (Å²) in [4.78, 5) is 44.6. The van der Waals surface area contributed by atoms with Gasteiger partial charge in [0, 0.05) is 0 Å². The zero-order valence-electron chi connectivity index (χ0n) is 24.1. The van der Waals surface area contributed by atoms with E-state index in [1.54, 1.807) is 0 Å². The normalized spacial score (nSPS) is 12.1. The molecule has 2 unspecified atom stereocenters. The lowest BCUT2D eigenvalue weighted by atomic mass is 9.82. The number of hydrogen-bond donors (Lipinski definition) is 4. The Kier molecular flexibility index (Phi) is 15.3. The Balaban J connectivity index is 0.000000552. The summed E-state index contributed by atoms with van der Waals surface area (Å²) >= 11 is 0. The zero-order chi connectivity index (χ0) is 30.2. The molecular formula is C32H44O8. The fourth-order valence-corrected chi connectivity index (χ4v) is 4.88. The molecule has 0 saturated carbocycles. The summed E-state index contributed by atoms with van der Waals surface area (Å²) in [5, 5.41) is 36.5. The van der Waals surface area contributed by atoms with Crippen LogP contribution in [0.5, 0.6) is 0 Å². The lowest BCUT2D eigenvalue weighted by Gasteiger charge is -2.23. The van der Waals surface area contributed by atoms with Gasteiger partial charge >= 0.3 is 23.9 Å². The van der Waals surface area contributed by atoms with Gasteiger partial charge in [0.25, 0.3) is 0 Å². The maximum Gasteiger partial charge on any atom is 0.336 e. The fraction of sp³-hybridized carbons (Fsp3) is 0.500. The van der Waals surface area contributed by atoms with Crippen molar-refractivity contribution in [1.82, 2.24) is 0 Å². The van der Waals surface area contributed by atoms with Gasteiger partial charge in [0.1, 0.15) is 0 Å². The molecule has 40 heavy (non-hydrogen) atoms. The predicted molar refractivity (Wildman–Crippen MR) is 155 cm³/mol. The van der Waals surface area contributed by atoms with Crippen molar-refractivity contribution in [2.24, 2.45) is 11.8 Å². The van der Waals surface area contributed by atoms with Crippen molar-refractivity contribution in [3.05, 3.63) is 69.8 Å². The first-order valence-corrected chi connectivity index (χ1v) is 14.2. The largest absolute Gasteiger partial charge is 0.478 e. The first-order chi connectivity index (χ1) is 19.0. The minimum atomic E-state index is -1.23. The number of hydrogen-bond acceptors (Lipinski definition) is 4. The van der Waals surface area contributed by atoms with Crippen LogP contribution >= 0.6 is 0 Å². The van der Waals surface area contributed by atoms with E-state index < -0.39 is 23.9 Å². The maximum absolute atomic E-state index is 12.0. The van der Waals surface area contributed by atoms with Gasteiger partial charge in [0.2, 0.25) is 0 Å². The molecule has 0 aliphatic carbocycles. The maximum atomic E-state index is 12.0. The van der Waals surface area contributed by atoms with Gasteiger partial charge in [-0.15, -0.1) is 0 Å². The van der Waals surface area contributed by atoms with E-state index in [0.29, 0.717) is 18.3 Å². The Labute approximate surface area is 237 Å². The van der Waals surface area contributed by atoms with Gasteiger partial charge in [0.15, 0.2) is 0 Å². The van der Waals surface area contributed by atoms with Crippen LogP contribution < -0.4 is 0 Å². The molecule has 0 aliphatic heterocycles. The van der Waals surface area contributed by atoms with E-state index in [1.165, 1.54) is 36.8 Å². The molecule has 2 rings (SSSR count). The lowest BCUT2D eigenvalue weighted by Crippen LogP contribution is -2.18. The van der Waals surface area contributed by atoms with E-state index >= 15 is 0 Å². The van der Waals surface area contributed by atoms with Crippen molar-refractivity contribution in [2.75, 3.05) is 0 Å². The third-order valence-electron chi connectivity index (χ3n) is 7.33. The van der Waals surface area contributed by atoms with Crippen LogP contribution in [0.3, 0.4) is 0 Å². The molecule has 0 radical (unpaired) electrons. The molecule has 0 aromatic heterocycles. The molecule has 0 amide bonds. The highest BCUT2D eigenvalue weighted by Crippen LogP contribution is 2.30. The number of rotatable bonds is 16. The van der Waals surface area contributed by atoms with Gasteiger partial charge in [0.05, 0.1) is 22.3 Å². The Morgan fingerprint density at radius 2 is 1.05 bits per heavy atom. The van der Waals surface area contributed by atoms with Crippen molar-refractivity contribution in [3.8, 4) is 0 Å². The molecule has 8 nitrogen and oxygen atoms in total. The lowest BCUT2D eigenvalue weighted by molar-refractivity contribution is 0.0650. The molecule has 0 saturated heterocycles. The first-order valence-electron chi connectivity index (χ1n) is 14.2. The summed E-state index contributed by atoms with van der Waals surface area (Å²) in [6.45, 7) is 8.66. The standard InChI is InChI=1S/C24H38O4.C8H6O4/c1-5-9-11-17(7-3)15-19-13-14-20(23(25)26)22(24(27)28)21(19)16-18(8-4)12-10-6-2;9-7(10)5-3-1-2-4-6(5)8(11)12/h13-14,17-18H,5-12,15-16H2,1-4H3,(H,25,26)(H,27,28);1-4H,(H,9,10)(H,11,12). The van der Waals surface area contributed by atoms with Crippen molar-refractivity contribution >= 4 is 23.9 Å². The summed E-state index contributed by atoms with van der Waals surface area (Å²) in [6, 6.07) is 8.83. The molecule has 0 fully saturated rings. The molecule has 0 spiro atoms. The number of aromatic carboxylic acids is 4. The molecule has 220 valence electrons. The Morgan fingerprint density at radius 3 is 1.43 bits per heavy atom. The Hall–Kier alpha value is -3.68. The van der Waals surface area contributed by atoms with Crippen LogP contribution in [0.1, 0.15) is 132 Å². The molecule has 2 aromatic rings. The van der Waals surface area contributed by atoms with Crippen molar-refractivity contribution < 1.29 is 39.6 Å². The van der Waals surface area contributed by atoms with E-state index in [-0.39, 0.29) is 22.3 Å². The van der Waals surface area contributed by atoms with E-state index in [0.717, 1.165) is 62.5 Å². The van der Waals surface area contributed by atoms with Crippen LogP contribution in [0.25, 0.3) is 0 Å². The van der Waals surface area contributed by atoms with E-state index in [9.17, 15) is 29.4 Å². The summed E-state index contributed by atoms with van der Waals surface area (Å²) in [5.41, 5.74) is 1.32. The third kappa shape index (κ3) is 10.5. The average Bonchev–Trinajstić information content (AvgIpc) is 2.93. The second-order valence-electron chi connectivity index (χ2n) is 10.1. The second-order valence-corrected chi connectivity index (χ2v) is 10.1. The van der Waals surface area contributed by atoms with Crippen LogP contribution in [0, 0.1) is 11.8 Å². The van der Waals surface area contributed by atoms with Crippen LogP contribution in [0.15, 0.2) is 36.4 Å². The molecule has 0 bridgehead atoms. The summed E-state index contributed by atoms with van der Waals surface area (Å²) in [6.07, 6.45) is 10.2. The van der Waals surface area contributed by atoms with Gasteiger partial charge in [-0.1, -0.05) is 97.3 Å². The number of unbranched alkanes of at least 4 members (excludes halogenated alkanes) is 2. The highest BCUT2D eigenvalue weighted by Gasteiger charge is 2.25. The fourth-order valence-electron chi connectivity index (χ4n) is 4.88. The van der Waals surface area contributed by atoms with Crippen LogP contribution in [-0.2, 0) is 12.8 Å². The van der Waals surface area contributed by atoms with Gasteiger partial charge in [-0.3, -0.25) is 0 Å². The zero-order valence-corrected chi connectivity index (χ0v) is 24.1. The van der Waals surface area contributed by atoms with Crippen LogP contribution in [0.4, 0.5) is 0 Å². The summed E-state index contributed by atoms with van der Waals surface area (Å²) in [7, 11) is 0. The monoisotopic (exact) mass is 556 g/mol. The smallest absolute Gasteiger partial charge is 0.336 e. The predicted octanol–water partition coefficient (Wildman–Crippen LogP) is 7.68. The van der Waals surface area contributed by atoms with E-state index in [1.807, 2.05) is 6.07 Å².